The van der Waals surface area contributed by atoms with E-state index >= 15 is 0 Å². The summed E-state index contributed by atoms with van der Waals surface area (Å²) >= 11 is 29.5. The van der Waals surface area contributed by atoms with Crippen molar-refractivity contribution in [3.8, 4) is 11.1 Å². The van der Waals surface area contributed by atoms with Gasteiger partial charge in [-0.3, -0.25) is 0 Å². The summed E-state index contributed by atoms with van der Waals surface area (Å²) in [7, 11) is 0. The zero-order chi connectivity index (χ0) is 14.2. The lowest BCUT2D eigenvalue weighted by molar-refractivity contribution is 1.15. The van der Waals surface area contributed by atoms with E-state index in [2.05, 4.69) is 44.5 Å². The Kier molecular flexibility index (Phi) is 5.19. The van der Waals surface area contributed by atoms with Crippen LogP contribution in [-0.4, -0.2) is 0 Å². The van der Waals surface area contributed by atoms with Gasteiger partial charge in [0.1, 0.15) is 0 Å². The molecule has 2 aromatic carbocycles. The van der Waals surface area contributed by atoms with Crippen LogP contribution in [0.5, 0.6) is 0 Å². The van der Waals surface area contributed by atoms with Crippen molar-refractivity contribution in [1.82, 2.24) is 0 Å². The van der Waals surface area contributed by atoms with Gasteiger partial charge in [0.05, 0.1) is 0 Å². The van der Waals surface area contributed by atoms with Crippen molar-refractivity contribution in [2.24, 2.45) is 0 Å². The molecular formula is C13H7Br2Cl3S. The molecule has 100 valence electrons. The van der Waals surface area contributed by atoms with E-state index in [1.54, 1.807) is 6.07 Å². The molecule has 0 bridgehead atoms. The summed E-state index contributed by atoms with van der Waals surface area (Å²) < 4.78 is 0.308. The predicted octanol–water partition coefficient (Wildman–Crippen LogP) is 6.99. The van der Waals surface area contributed by atoms with Crippen LogP contribution in [0.3, 0.4) is 0 Å². The molecule has 0 aliphatic carbocycles. The number of hydrogen-bond acceptors (Lipinski definition) is 1. The lowest BCUT2D eigenvalue weighted by Crippen LogP contribution is -2.05. The molecule has 0 N–H and O–H groups in total. The smallest absolute Gasteiger partial charge is 0.143 e. The van der Waals surface area contributed by atoms with Crippen LogP contribution in [-0.2, 0) is 3.79 Å². The highest BCUT2D eigenvalue weighted by Crippen LogP contribution is 2.48. The highest BCUT2D eigenvalue weighted by molar-refractivity contribution is 9.10. The third-order valence-corrected chi connectivity index (χ3v) is 4.68. The molecule has 0 nitrogen and oxygen atoms in total. The van der Waals surface area contributed by atoms with E-state index in [9.17, 15) is 0 Å². The molecule has 0 aromatic heterocycles. The Balaban J connectivity index is 2.75. The highest BCUT2D eigenvalue weighted by Gasteiger charge is 2.30. The molecule has 19 heavy (non-hydrogen) atoms. The van der Waals surface area contributed by atoms with Gasteiger partial charge in [0.15, 0.2) is 0 Å². The van der Waals surface area contributed by atoms with Crippen LogP contribution >= 0.6 is 79.3 Å². The van der Waals surface area contributed by atoms with Gasteiger partial charge in [-0.05, 0) is 29.8 Å². The van der Waals surface area contributed by atoms with Gasteiger partial charge >= 0.3 is 0 Å². The second-order valence-electron chi connectivity index (χ2n) is 3.82. The van der Waals surface area contributed by atoms with E-state index in [1.807, 2.05) is 30.3 Å². The number of hydrogen-bond donors (Lipinski definition) is 1. The predicted molar refractivity (Wildman–Crippen MR) is 93.8 cm³/mol. The molecule has 0 amide bonds. The van der Waals surface area contributed by atoms with Gasteiger partial charge in [0.2, 0.25) is 3.79 Å². The van der Waals surface area contributed by atoms with Gasteiger partial charge in [-0.1, -0.05) is 78.8 Å². The molecule has 0 heterocycles. The van der Waals surface area contributed by atoms with Crippen molar-refractivity contribution in [3.05, 3.63) is 50.9 Å². The Bertz CT molecular complexity index is 607. The summed E-state index contributed by atoms with van der Waals surface area (Å²) in [6.45, 7) is 0. The molecule has 0 atom stereocenters. The fraction of sp³-hybridized carbons (Fsp3) is 0.0769. The summed E-state index contributed by atoms with van der Waals surface area (Å²) in [5.41, 5.74) is 2.35. The van der Waals surface area contributed by atoms with Crippen molar-refractivity contribution in [2.45, 2.75) is 8.69 Å². The standard InChI is InChI=1S/C13H7Br2Cl3S/c14-8-3-1-7(2-4-8)11-9(15)5-6-10(19)12(11)13(16,17)18/h1-6,19H. The van der Waals surface area contributed by atoms with Crippen molar-refractivity contribution in [1.29, 1.82) is 0 Å². The van der Waals surface area contributed by atoms with Crippen molar-refractivity contribution in [3.63, 3.8) is 0 Å². The Morgan fingerprint density at radius 1 is 0.895 bits per heavy atom. The van der Waals surface area contributed by atoms with Crippen LogP contribution in [0.1, 0.15) is 5.56 Å². The van der Waals surface area contributed by atoms with Crippen molar-refractivity contribution in [2.75, 3.05) is 0 Å². The number of thiol groups is 1. The number of benzene rings is 2. The minimum atomic E-state index is -1.54. The minimum Gasteiger partial charge on any atom is -0.143 e. The third-order valence-electron chi connectivity index (χ3n) is 2.55. The molecular weight excluding hydrogens is 454 g/mol. The second kappa shape index (κ2) is 6.17. The van der Waals surface area contributed by atoms with Gasteiger partial charge in [-0.25, -0.2) is 0 Å². The van der Waals surface area contributed by atoms with Crippen LogP contribution in [0.4, 0.5) is 0 Å². The fourth-order valence-corrected chi connectivity index (χ4v) is 3.72. The molecule has 6 heteroatoms. The molecule has 0 unspecified atom stereocenters. The lowest BCUT2D eigenvalue weighted by atomic mass is 10.0. The van der Waals surface area contributed by atoms with E-state index in [0.29, 0.717) is 10.5 Å². The first-order chi connectivity index (χ1) is 8.80. The average Bonchev–Trinajstić information content (AvgIpc) is 2.31. The zero-order valence-corrected chi connectivity index (χ0v) is 15.6. The molecule has 2 aromatic rings. The number of halogens is 5. The quantitative estimate of drug-likeness (QED) is 0.343. The first-order valence-corrected chi connectivity index (χ1v) is 8.32. The fourth-order valence-electron chi connectivity index (χ4n) is 1.75. The van der Waals surface area contributed by atoms with Gasteiger partial charge in [-0.2, -0.15) is 0 Å². The summed E-state index contributed by atoms with van der Waals surface area (Å²) in [6, 6.07) is 11.5. The summed E-state index contributed by atoms with van der Waals surface area (Å²) in [4.78, 5) is 0.640. The van der Waals surface area contributed by atoms with E-state index in [0.717, 1.165) is 20.1 Å². The molecule has 0 fully saturated rings. The summed E-state index contributed by atoms with van der Waals surface area (Å²) in [5, 5.41) is 0. The van der Waals surface area contributed by atoms with E-state index in [-0.39, 0.29) is 0 Å². The topological polar surface area (TPSA) is 0 Å². The maximum Gasteiger partial charge on any atom is 0.217 e. The molecule has 0 spiro atoms. The van der Waals surface area contributed by atoms with Gasteiger partial charge in [0, 0.05) is 25.0 Å². The van der Waals surface area contributed by atoms with Crippen LogP contribution in [0.15, 0.2) is 50.2 Å². The Morgan fingerprint density at radius 2 is 1.47 bits per heavy atom. The maximum absolute atomic E-state index is 6.07. The lowest BCUT2D eigenvalue weighted by Gasteiger charge is -2.20. The van der Waals surface area contributed by atoms with Crippen LogP contribution in [0.2, 0.25) is 0 Å². The van der Waals surface area contributed by atoms with Crippen LogP contribution in [0.25, 0.3) is 11.1 Å². The van der Waals surface area contributed by atoms with Crippen LogP contribution in [0, 0.1) is 0 Å². The van der Waals surface area contributed by atoms with Gasteiger partial charge in [0.25, 0.3) is 0 Å². The van der Waals surface area contributed by atoms with E-state index < -0.39 is 3.79 Å². The normalized spacial score (nSPS) is 11.7. The Morgan fingerprint density at radius 3 is 2.00 bits per heavy atom. The van der Waals surface area contributed by atoms with Crippen molar-refractivity contribution >= 4 is 79.3 Å². The average molecular weight is 461 g/mol. The molecule has 0 aliphatic heterocycles. The number of rotatable bonds is 1. The van der Waals surface area contributed by atoms with Crippen molar-refractivity contribution < 1.29 is 0 Å². The molecule has 2 rings (SSSR count). The molecule has 0 saturated carbocycles. The first-order valence-electron chi connectivity index (χ1n) is 5.15. The van der Waals surface area contributed by atoms with E-state index in [1.165, 1.54) is 0 Å². The minimum absolute atomic E-state index is 0.567. The van der Waals surface area contributed by atoms with Crippen LogP contribution < -0.4 is 0 Å². The number of alkyl halides is 3. The summed E-state index contributed by atoms with van der Waals surface area (Å²) in [5.74, 6) is 0. The molecule has 0 radical (unpaired) electrons. The Labute approximate surface area is 149 Å². The van der Waals surface area contributed by atoms with Gasteiger partial charge in [-0.15, -0.1) is 12.6 Å². The molecule has 0 saturated heterocycles. The first kappa shape index (κ1) is 16.0. The summed E-state index contributed by atoms with van der Waals surface area (Å²) in [6.07, 6.45) is 0. The SMILES string of the molecule is Sc1ccc(Br)c(-c2ccc(Br)cc2)c1C(Cl)(Cl)Cl. The highest BCUT2D eigenvalue weighted by atomic mass is 79.9. The van der Waals surface area contributed by atoms with E-state index in [4.69, 9.17) is 34.8 Å². The third kappa shape index (κ3) is 3.63. The largest absolute Gasteiger partial charge is 0.217 e. The Hall–Kier alpha value is 0.620. The zero-order valence-electron chi connectivity index (χ0n) is 9.30. The maximum atomic E-state index is 6.07. The molecule has 0 aliphatic rings. The van der Waals surface area contributed by atoms with Gasteiger partial charge < -0.3 is 0 Å². The monoisotopic (exact) mass is 458 g/mol. The second-order valence-corrected chi connectivity index (χ2v) is 8.35.